The summed E-state index contributed by atoms with van der Waals surface area (Å²) in [5.74, 6) is 0.448. The third-order valence-corrected chi connectivity index (χ3v) is 13.6. The van der Waals surface area contributed by atoms with Crippen molar-refractivity contribution in [3.63, 3.8) is 0 Å². The lowest BCUT2D eigenvalue weighted by Gasteiger charge is -2.26. The number of amides is 3. The Morgan fingerprint density at radius 1 is 0.568 bits per heavy atom. The van der Waals surface area contributed by atoms with Gasteiger partial charge in [0.1, 0.15) is 23.0 Å². The van der Waals surface area contributed by atoms with Gasteiger partial charge in [-0.2, -0.15) is 10.2 Å². The van der Waals surface area contributed by atoms with E-state index in [0.29, 0.717) is 109 Å². The molecule has 2 fully saturated rings. The first-order chi connectivity index (χ1) is 40.0. The van der Waals surface area contributed by atoms with Crippen LogP contribution >= 0.6 is 0 Å². The Labute approximate surface area is 464 Å². The average Bonchev–Trinajstić information content (AvgIpc) is 4.28. The van der Waals surface area contributed by atoms with Crippen LogP contribution < -0.4 is 39.9 Å². The van der Waals surface area contributed by atoms with Gasteiger partial charge in [-0.05, 0) is 116 Å². The maximum Gasteiger partial charge on any atom is 0.419 e. The fraction of sp³-hybridized carbons (Fsp3) is 0.267. The van der Waals surface area contributed by atoms with E-state index in [2.05, 4.69) is 20.4 Å². The van der Waals surface area contributed by atoms with E-state index in [4.69, 9.17) is 34.9 Å². The second kappa shape index (κ2) is 26.9. The van der Waals surface area contributed by atoms with Gasteiger partial charge in [-0.25, -0.2) is 24.6 Å². The van der Waals surface area contributed by atoms with Gasteiger partial charge in [0, 0.05) is 73.4 Å². The molecule has 0 atom stereocenters. The molecule has 3 amide bonds. The van der Waals surface area contributed by atoms with Crippen LogP contribution in [0.1, 0.15) is 31.8 Å². The number of rotatable bonds is 10. The standard InChI is InChI=1S/C29H26N4O6.C25H19N3O6.C5H10O.CH3F/c34-26(32-13-15-37-16-14-32)18-38-22-10-5-19-11-12-33(25(19)17-22)29(36)39-21-8-6-20(7-9-21)27-23-3-1-2-4-24(23)28(35)31-30-27;29-22(30)14-33-18-10-5-15-11-12-28(21(15)13-18)25(32)34-17-8-6-16(7-9-17)23-19-3-1-2-4-20(19)24(31)27-26-23;1-2-4-6-5-3-1;1-2/h1-10,17H,11-16,18H2,(H,31,35);1-10,13H,11-12,14H2,(H,27,31)(H,29,30);1-5H2;1H3/i;;;1D. The molecule has 21 heteroatoms. The second-order valence-corrected chi connectivity index (χ2v) is 18.7. The molecule has 4 aliphatic heterocycles. The Kier molecular flexibility index (Phi) is 18.2. The van der Waals surface area contributed by atoms with Crippen molar-refractivity contribution in [2.75, 3.05) is 82.8 Å². The molecule has 12 rings (SSSR count). The summed E-state index contributed by atoms with van der Waals surface area (Å²) in [6, 6.07) is 39.0. The Morgan fingerprint density at radius 3 is 1.41 bits per heavy atom. The van der Waals surface area contributed by atoms with Gasteiger partial charge >= 0.3 is 18.2 Å². The van der Waals surface area contributed by atoms with Crippen molar-refractivity contribution in [1.29, 1.82) is 0 Å². The van der Waals surface area contributed by atoms with Gasteiger partial charge < -0.3 is 38.4 Å². The number of nitrogens with one attached hydrogen (secondary N) is 2. The number of nitrogens with zero attached hydrogens (tertiary/aromatic N) is 5. The highest BCUT2D eigenvalue weighted by atomic mass is 19.1. The van der Waals surface area contributed by atoms with Gasteiger partial charge in [0.25, 0.3) is 17.0 Å². The van der Waals surface area contributed by atoms with Crippen LogP contribution in [0.25, 0.3) is 44.1 Å². The first-order valence-electron chi connectivity index (χ1n) is 26.8. The minimum atomic E-state index is -1.08. The van der Waals surface area contributed by atoms with Crippen molar-refractivity contribution in [2.45, 2.75) is 32.1 Å². The predicted molar refractivity (Wildman–Crippen MR) is 300 cm³/mol. The van der Waals surface area contributed by atoms with Gasteiger partial charge in [0.2, 0.25) is 0 Å². The minimum Gasteiger partial charge on any atom is -0.484 e. The number of carboxylic acid groups (broad SMARTS) is 1. The fourth-order valence-corrected chi connectivity index (χ4v) is 9.50. The van der Waals surface area contributed by atoms with E-state index >= 15 is 0 Å². The number of carbonyl (C=O) groups excluding carboxylic acids is 3. The zero-order chi connectivity index (χ0) is 57.4. The number of halogens is 1. The monoisotopic (exact) mass is 1100 g/mol. The number of H-pyrrole nitrogens is 2. The van der Waals surface area contributed by atoms with Crippen LogP contribution in [0.5, 0.6) is 23.0 Å². The van der Waals surface area contributed by atoms with Crippen molar-refractivity contribution in [3.05, 3.63) is 165 Å². The van der Waals surface area contributed by atoms with Crippen molar-refractivity contribution in [1.82, 2.24) is 25.3 Å². The number of hydrogen-bond donors (Lipinski definition) is 3. The van der Waals surface area contributed by atoms with Gasteiger partial charge in [0.05, 0.1) is 55.3 Å². The summed E-state index contributed by atoms with van der Waals surface area (Å²) in [5.41, 5.74) is 5.59. The number of hydrogen-bond acceptors (Lipinski definition) is 14. The topological polar surface area (TPSA) is 245 Å². The van der Waals surface area contributed by atoms with E-state index in [-0.39, 0.29) is 23.6 Å². The van der Waals surface area contributed by atoms with Crippen LogP contribution in [-0.4, -0.2) is 127 Å². The molecular weight excluding hydrogens is 1050 g/mol. The zero-order valence-electron chi connectivity index (χ0n) is 45.0. The van der Waals surface area contributed by atoms with Gasteiger partial charge in [-0.1, -0.05) is 48.5 Å². The first-order valence-corrected chi connectivity index (χ1v) is 26.1. The first kappa shape index (κ1) is 54.9. The largest absolute Gasteiger partial charge is 0.484 e. The highest BCUT2D eigenvalue weighted by molar-refractivity contribution is 5.96. The van der Waals surface area contributed by atoms with Gasteiger partial charge in [-0.15, -0.1) is 0 Å². The number of fused-ring (bicyclic) bond motifs is 4. The molecule has 418 valence electrons. The lowest BCUT2D eigenvalue weighted by atomic mass is 10.1. The van der Waals surface area contributed by atoms with Gasteiger partial charge in [0.15, 0.2) is 13.2 Å². The van der Waals surface area contributed by atoms with Crippen LogP contribution in [0.3, 0.4) is 0 Å². The van der Waals surface area contributed by atoms with E-state index < -0.39 is 31.9 Å². The number of morpholine rings is 1. The minimum absolute atomic E-state index is 0.0744. The Hall–Kier alpha value is -9.47. The Bertz CT molecular complexity index is 3660. The molecule has 81 heavy (non-hydrogen) atoms. The van der Waals surface area contributed by atoms with Crippen molar-refractivity contribution < 1.29 is 58.5 Å². The number of carbonyl (C=O) groups is 4. The molecule has 3 N–H and O–H groups in total. The quantitative estimate of drug-likeness (QED) is 0.116. The van der Waals surface area contributed by atoms with Gasteiger partial charge in [-0.3, -0.25) is 28.6 Å². The summed E-state index contributed by atoms with van der Waals surface area (Å²) in [4.78, 5) is 78.0. The van der Waals surface area contributed by atoms with Crippen LogP contribution in [0, 0.1) is 0 Å². The summed E-state index contributed by atoms with van der Waals surface area (Å²) in [6.45, 7) is 4.58. The van der Waals surface area contributed by atoms with E-state index in [1.807, 2.05) is 42.5 Å². The normalized spacial score (nSPS) is 14.3. The number of carboxylic acids is 1. The third-order valence-electron chi connectivity index (χ3n) is 13.6. The maximum atomic E-state index is 13.1. The van der Waals surface area contributed by atoms with Crippen LogP contribution in [0.2, 0.25) is 0 Å². The highest BCUT2D eigenvalue weighted by Crippen LogP contribution is 2.35. The van der Waals surface area contributed by atoms with Crippen LogP contribution in [0.15, 0.2) is 143 Å². The molecule has 0 radical (unpaired) electrons. The Balaban J connectivity index is 0.000000173. The molecule has 0 bridgehead atoms. The molecule has 20 nitrogen and oxygen atoms in total. The molecule has 0 unspecified atom stereocenters. The summed E-state index contributed by atoms with van der Waals surface area (Å²) in [6.07, 6.45) is 4.24. The highest BCUT2D eigenvalue weighted by Gasteiger charge is 2.29. The smallest absolute Gasteiger partial charge is 0.419 e. The van der Waals surface area contributed by atoms with Crippen molar-refractivity contribution in [2.24, 2.45) is 0 Å². The number of benzene rings is 6. The van der Waals surface area contributed by atoms with E-state index in [9.17, 15) is 33.2 Å². The van der Waals surface area contributed by atoms with Crippen molar-refractivity contribution in [3.8, 4) is 45.5 Å². The van der Waals surface area contributed by atoms with E-state index in [1.54, 1.807) is 101 Å². The third kappa shape index (κ3) is 13.9. The number of ether oxygens (including phenoxy) is 6. The molecule has 4 aliphatic rings. The molecule has 6 heterocycles. The van der Waals surface area contributed by atoms with E-state index in [1.165, 1.54) is 24.2 Å². The molecule has 6 aromatic carbocycles. The number of anilines is 2. The van der Waals surface area contributed by atoms with Crippen molar-refractivity contribution >= 4 is 57.0 Å². The summed E-state index contributed by atoms with van der Waals surface area (Å²) in [7, 11) is -1.00. The molecule has 2 saturated heterocycles. The van der Waals surface area contributed by atoms with Crippen LogP contribution in [0.4, 0.5) is 25.4 Å². The summed E-state index contributed by atoms with van der Waals surface area (Å²) >= 11 is 0. The lowest BCUT2D eigenvalue weighted by Crippen LogP contribution is -2.42. The molecule has 0 spiro atoms. The summed E-state index contributed by atoms with van der Waals surface area (Å²) < 4.78 is 48.1. The molecular formula is C60H58FN7O13. The zero-order valence-corrected chi connectivity index (χ0v) is 44.0. The van der Waals surface area contributed by atoms with Crippen LogP contribution in [-0.2, 0) is 31.9 Å². The number of aromatic amines is 2. The Morgan fingerprint density at radius 2 is 0.988 bits per heavy atom. The van der Waals surface area contributed by atoms with E-state index in [0.717, 1.165) is 46.2 Å². The number of aliphatic carboxylic acids is 1. The lowest BCUT2D eigenvalue weighted by molar-refractivity contribution is -0.139. The maximum absolute atomic E-state index is 13.1. The second-order valence-electron chi connectivity index (χ2n) is 18.7. The summed E-state index contributed by atoms with van der Waals surface area (Å²) in [5, 5.41) is 24.8. The molecule has 2 aromatic heterocycles. The average molecular weight is 1110 g/mol. The molecule has 0 aliphatic carbocycles. The number of aromatic nitrogens is 4. The number of alkyl halides is 1. The molecule has 8 aromatic rings. The molecule has 0 saturated carbocycles. The predicted octanol–water partition coefficient (Wildman–Crippen LogP) is 8.78. The fourth-order valence-electron chi connectivity index (χ4n) is 9.50. The SMILES string of the molecule is C1CCOCC1.O=C(COc1ccc2c(c1)N(C(=O)Oc1ccc(-c3n[nH]c(=O)c4ccccc34)cc1)CC2)N1CCOCC1.O=C(O)COc1ccc2c(c1)N(C(=O)Oc1ccc(-c3n[nH]c(=O)c4ccccc34)cc1)CC2.[2H]CF.